The SMILES string of the molecule is CC(=O)NC1=CC(O)C(O)CC1=O. The molecule has 5 nitrogen and oxygen atoms in total. The van der Waals surface area contributed by atoms with Crippen LogP contribution in [0.1, 0.15) is 13.3 Å². The van der Waals surface area contributed by atoms with Crippen molar-refractivity contribution in [1.82, 2.24) is 5.32 Å². The van der Waals surface area contributed by atoms with Crippen molar-refractivity contribution in [2.45, 2.75) is 25.6 Å². The minimum Gasteiger partial charge on any atom is -0.390 e. The molecule has 0 radical (unpaired) electrons. The van der Waals surface area contributed by atoms with Crippen LogP contribution in [0.3, 0.4) is 0 Å². The minimum absolute atomic E-state index is 0.0605. The van der Waals surface area contributed by atoms with Crippen molar-refractivity contribution >= 4 is 11.7 Å². The van der Waals surface area contributed by atoms with Crippen LogP contribution in [0.15, 0.2) is 11.8 Å². The van der Waals surface area contributed by atoms with Gasteiger partial charge in [0.15, 0.2) is 5.78 Å². The normalized spacial score (nSPS) is 28.2. The monoisotopic (exact) mass is 185 g/mol. The summed E-state index contributed by atoms with van der Waals surface area (Å²) >= 11 is 0. The summed E-state index contributed by atoms with van der Waals surface area (Å²) in [4.78, 5) is 21.7. The van der Waals surface area contributed by atoms with Crippen LogP contribution >= 0.6 is 0 Å². The third-order valence-electron chi connectivity index (χ3n) is 1.74. The molecule has 1 aliphatic rings. The third-order valence-corrected chi connectivity index (χ3v) is 1.74. The van der Waals surface area contributed by atoms with Crippen molar-refractivity contribution in [1.29, 1.82) is 0 Å². The van der Waals surface area contributed by atoms with Crippen molar-refractivity contribution in [2.75, 3.05) is 0 Å². The van der Waals surface area contributed by atoms with E-state index in [4.69, 9.17) is 10.2 Å². The molecule has 3 N–H and O–H groups in total. The second kappa shape index (κ2) is 3.68. The number of nitrogens with one attached hydrogen (secondary N) is 1. The van der Waals surface area contributed by atoms with Crippen LogP contribution in [0.5, 0.6) is 0 Å². The molecule has 0 heterocycles. The van der Waals surface area contributed by atoms with Crippen LogP contribution in [0.4, 0.5) is 0 Å². The number of Topliss-reactive ketones (excluding diaryl/α,β-unsaturated/α-hetero) is 1. The Morgan fingerprint density at radius 2 is 2.23 bits per heavy atom. The highest BCUT2D eigenvalue weighted by Gasteiger charge is 2.27. The molecule has 13 heavy (non-hydrogen) atoms. The van der Waals surface area contributed by atoms with E-state index in [9.17, 15) is 9.59 Å². The molecule has 0 aliphatic heterocycles. The first-order valence-electron chi connectivity index (χ1n) is 3.89. The Morgan fingerprint density at radius 3 is 2.77 bits per heavy atom. The summed E-state index contributed by atoms with van der Waals surface area (Å²) < 4.78 is 0. The summed E-state index contributed by atoms with van der Waals surface area (Å²) in [6.45, 7) is 1.27. The number of rotatable bonds is 1. The Balaban J connectivity index is 2.77. The lowest BCUT2D eigenvalue weighted by Gasteiger charge is -2.21. The lowest BCUT2D eigenvalue weighted by molar-refractivity contribution is -0.124. The number of aliphatic hydroxyl groups excluding tert-OH is 2. The summed E-state index contributed by atoms with van der Waals surface area (Å²) in [5.74, 6) is -0.740. The summed E-state index contributed by atoms with van der Waals surface area (Å²) in [5, 5.41) is 20.5. The second-order valence-electron chi connectivity index (χ2n) is 2.95. The summed E-state index contributed by atoms with van der Waals surface area (Å²) in [6, 6.07) is 0. The van der Waals surface area contributed by atoms with Gasteiger partial charge in [-0.1, -0.05) is 0 Å². The number of aliphatic hydroxyl groups is 2. The van der Waals surface area contributed by atoms with E-state index in [1.807, 2.05) is 0 Å². The van der Waals surface area contributed by atoms with Crippen molar-refractivity contribution in [3.63, 3.8) is 0 Å². The van der Waals surface area contributed by atoms with E-state index in [1.54, 1.807) is 0 Å². The first-order chi connectivity index (χ1) is 6.00. The molecule has 0 spiro atoms. The maximum absolute atomic E-state index is 11.1. The van der Waals surface area contributed by atoms with Crippen LogP contribution < -0.4 is 5.32 Å². The number of amides is 1. The smallest absolute Gasteiger partial charge is 0.221 e. The fourth-order valence-electron chi connectivity index (χ4n) is 1.10. The molecular formula is C8H11NO4. The number of hydrogen-bond donors (Lipinski definition) is 3. The molecule has 0 aromatic heterocycles. The molecule has 0 saturated heterocycles. The van der Waals surface area contributed by atoms with Gasteiger partial charge in [0.05, 0.1) is 11.8 Å². The first-order valence-corrected chi connectivity index (χ1v) is 3.89. The fraction of sp³-hybridized carbons (Fsp3) is 0.500. The zero-order valence-electron chi connectivity index (χ0n) is 7.15. The molecule has 5 heteroatoms. The molecule has 72 valence electrons. The van der Waals surface area contributed by atoms with Gasteiger partial charge in [-0.2, -0.15) is 0 Å². The van der Waals surface area contributed by atoms with Crippen molar-refractivity contribution in [3.8, 4) is 0 Å². The minimum atomic E-state index is -1.08. The highest BCUT2D eigenvalue weighted by atomic mass is 16.3. The summed E-state index contributed by atoms with van der Waals surface area (Å²) in [6.07, 6.45) is -1.16. The largest absolute Gasteiger partial charge is 0.390 e. The standard InChI is InChI=1S/C8H11NO4/c1-4(10)9-5-2-7(12)8(13)3-6(5)11/h2,7-8,12-13H,3H2,1H3,(H,9,10). The van der Waals surface area contributed by atoms with Crippen LogP contribution in [0.2, 0.25) is 0 Å². The summed E-state index contributed by atoms with van der Waals surface area (Å²) in [7, 11) is 0. The number of ketones is 1. The van der Waals surface area contributed by atoms with Gasteiger partial charge >= 0.3 is 0 Å². The Labute approximate surface area is 75.1 Å². The van der Waals surface area contributed by atoms with E-state index in [2.05, 4.69) is 5.32 Å². The molecule has 0 fully saturated rings. The van der Waals surface area contributed by atoms with Gasteiger partial charge in [-0.05, 0) is 6.08 Å². The molecule has 1 aliphatic carbocycles. The van der Waals surface area contributed by atoms with Gasteiger partial charge in [-0.3, -0.25) is 9.59 Å². The van der Waals surface area contributed by atoms with E-state index < -0.39 is 12.2 Å². The van der Waals surface area contributed by atoms with Gasteiger partial charge in [0, 0.05) is 13.3 Å². The topological polar surface area (TPSA) is 86.6 Å². The maximum atomic E-state index is 11.1. The van der Waals surface area contributed by atoms with E-state index in [0.29, 0.717) is 0 Å². The quantitative estimate of drug-likeness (QED) is 0.474. The van der Waals surface area contributed by atoms with Crippen LogP contribution in [-0.4, -0.2) is 34.1 Å². The Kier molecular flexibility index (Phi) is 2.79. The lowest BCUT2D eigenvalue weighted by Crippen LogP contribution is -2.37. The van der Waals surface area contributed by atoms with Crippen LogP contribution in [0, 0.1) is 0 Å². The molecule has 0 saturated carbocycles. The molecule has 2 unspecified atom stereocenters. The van der Waals surface area contributed by atoms with Crippen molar-refractivity contribution in [3.05, 3.63) is 11.8 Å². The Morgan fingerprint density at radius 1 is 1.62 bits per heavy atom. The van der Waals surface area contributed by atoms with Crippen LogP contribution in [0.25, 0.3) is 0 Å². The second-order valence-corrected chi connectivity index (χ2v) is 2.95. The van der Waals surface area contributed by atoms with E-state index in [1.165, 1.54) is 6.92 Å². The highest BCUT2D eigenvalue weighted by molar-refractivity contribution is 5.99. The zero-order valence-corrected chi connectivity index (χ0v) is 7.15. The molecule has 1 rings (SSSR count). The average Bonchev–Trinajstić information content (AvgIpc) is 1.99. The molecular weight excluding hydrogens is 174 g/mol. The predicted octanol–water partition coefficient (Wildman–Crippen LogP) is -1.30. The van der Waals surface area contributed by atoms with E-state index >= 15 is 0 Å². The molecule has 2 atom stereocenters. The van der Waals surface area contributed by atoms with Crippen molar-refractivity contribution < 1.29 is 19.8 Å². The van der Waals surface area contributed by atoms with Gasteiger partial charge < -0.3 is 15.5 Å². The van der Waals surface area contributed by atoms with Gasteiger partial charge in [0.1, 0.15) is 6.10 Å². The van der Waals surface area contributed by atoms with Gasteiger partial charge in [0.25, 0.3) is 0 Å². The highest BCUT2D eigenvalue weighted by Crippen LogP contribution is 2.13. The maximum Gasteiger partial charge on any atom is 0.221 e. The van der Waals surface area contributed by atoms with E-state index in [0.717, 1.165) is 6.08 Å². The van der Waals surface area contributed by atoms with E-state index in [-0.39, 0.29) is 23.8 Å². The first kappa shape index (κ1) is 9.88. The fourth-order valence-corrected chi connectivity index (χ4v) is 1.10. The van der Waals surface area contributed by atoms with Gasteiger partial charge in [0.2, 0.25) is 5.91 Å². The number of carbonyl (C=O) groups excluding carboxylic acids is 2. The molecule has 1 amide bonds. The van der Waals surface area contributed by atoms with Gasteiger partial charge in [-0.15, -0.1) is 0 Å². The van der Waals surface area contributed by atoms with Crippen molar-refractivity contribution in [2.24, 2.45) is 0 Å². The molecule has 0 aromatic carbocycles. The lowest BCUT2D eigenvalue weighted by atomic mass is 9.98. The third kappa shape index (κ3) is 2.37. The molecule has 0 bridgehead atoms. The Bertz CT molecular complexity index is 271. The average molecular weight is 185 g/mol. The molecule has 0 aromatic rings. The number of carbonyl (C=O) groups is 2. The predicted molar refractivity (Wildman–Crippen MR) is 43.5 cm³/mol. The van der Waals surface area contributed by atoms with Crippen LogP contribution in [-0.2, 0) is 9.59 Å². The Hall–Kier alpha value is -1.20. The number of hydrogen-bond acceptors (Lipinski definition) is 4. The number of allylic oxidation sites excluding steroid dienone is 1. The zero-order chi connectivity index (χ0) is 10.0. The summed E-state index contributed by atoms with van der Waals surface area (Å²) in [5.41, 5.74) is 0.0605. The van der Waals surface area contributed by atoms with Gasteiger partial charge in [-0.25, -0.2) is 0 Å².